The Bertz CT molecular complexity index is 1750. The predicted molar refractivity (Wildman–Crippen MR) is 205 cm³/mol. The Hall–Kier alpha value is -3.64. The van der Waals surface area contributed by atoms with Crippen molar-refractivity contribution in [3.05, 3.63) is 82.5 Å². The van der Waals surface area contributed by atoms with Crippen LogP contribution in [0.1, 0.15) is 76.5 Å². The monoisotopic (exact) mass is 730 g/mol. The van der Waals surface area contributed by atoms with Gasteiger partial charge < -0.3 is 34.4 Å². The van der Waals surface area contributed by atoms with E-state index in [1.807, 2.05) is 49.4 Å². The van der Waals surface area contributed by atoms with Crippen LogP contribution in [0.15, 0.2) is 65.8 Å². The lowest BCUT2D eigenvalue weighted by Crippen LogP contribution is -2.48. The van der Waals surface area contributed by atoms with E-state index in [0.29, 0.717) is 36.4 Å². The number of allylic oxidation sites excluding steroid dienone is 3. The second kappa shape index (κ2) is 15.4. The Morgan fingerprint density at radius 2 is 1.88 bits per heavy atom. The second-order valence-corrected chi connectivity index (χ2v) is 19.8. The molecule has 1 spiro atoms. The van der Waals surface area contributed by atoms with Crippen LogP contribution in [-0.4, -0.2) is 74.0 Å². The minimum absolute atomic E-state index is 0.106. The van der Waals surface area contributed by atoms with Crippen molar-refractivity contribution in [2.24, 2.45) is 5.92 Å². The summed E-state index contributed by atoms with van der Waals surface area (Å²) in [5.41, 5.74) is 4.14. The molecule has 2 fully saturated rings. The standard InChI is InChI=1S/C41H55FN4O5Si/c1-26(2)11-9-12-27(3)18-20-45-35-17-16-31(44-39(49)34-15-10-19-43-34)22-33(35)41(40(45)50)28(4)38(52(5,6)42)36(51-41)23-37(48)46-24-30-14-8-7-13-29(30)21-32(46)25-47/h7-8,11,13-14,16-18,22,28,32,34,36,38,43,47H,9-10,12,15,19-21,23-25H2,1-6H3,(H,44,49)/b27-18+/t28-,32-,34+,36+,38-,41+/m0/s1. The Labute approximate surface area is 308 Å². The molecule has 4 aliphatic heterocycles. The summed E-state index contributed by atoms with van der Waals surface area (Å²) >= 11 is 0. The molecule has 52 heavy (non-hydrogen) atoms. The van der Waals surface area contributed by atoms with E-state index < -0.39 is 37.6 Å². The van der Waals surface area contributed by atoms with Crippen LogP contribution in [0.25, 0.3) is 0 Å². The molecule has 3 N–H and O–H groups in total. The van der Waals surface area contributed by atoms with Gasteiger partial charge in [0.25, 0.3) is 5.91 Å². The number of ether oxygens (including phenoxy) is 1. The maximum absolute atomic E-state index is 16.6. The molecule has 280 valence electrons. The van der Waals surface area contributed by atoms with Gasteiger partial charge in [0.05, 0.1) is 36.9 Å². The van der Waals surface area contributed by atoms with Gasteiger partial charge in [-0.3, -0.25) is 14.4 Å². The molecular weight excluding hydrogens is 676 g/mol. The molecule has 6 atom stereocenters. The number of aliphatic hydroxyl groups is 1. The van der Waals surface area contributed by atoms with Gasteiger partial charge in [0, 0.05) is 35.8 Å². The number of amides is 3. The van der Waals surface area contributed by atoms with E-state index in [-0.39, 0.29) is 36.8 Å². The number of hydrogen-bond acceptors (Lipinski definition) is 6. The van der Waals surface area contributed by atoms with Crippen LogP contribution in [-0.2, 0) is 37.7 Å². The maximum atomic E-state index is 16.6. The lowest BCUT2D eigenvalue weighted by molar-refractivity contribution is -0.150. The molecule has 2 aromatic rings. The van der Waals surface area contributed by atoms with Crippen LogP contribution in [0.4, 0.5) is 15.5 Å². The van der Waals surface area contributed by atoms with Crippen molar-refractivity contribution in [1.29, 1.82) is 0 Å². The predicted octanol–water partition coefficient (Wildman–Crippen LogP) is 6.53. The van der Waals surface area contributed by atoms with Crippen molar-refractivity contribution < 1.29 is 28.3 Å². The van der Waals surface area contributed by atoms with Crippen LogP contribution >= 0.6 is 0 Å². The number of aliphatic hydroxyl groups excluding tert-OH is 1. The number of benzene rings is 2. The summed E-state index contributed by atoms with van der Waals surface area (Å²) < 4.78 is 23.5. The Morgan fingerprint density at radius 1 is 1.13 bits per heavy atom. The number of carbonyl (C=O) groups is 3. The van der Waals surface area contributed by atoms with Crippen LogP contribution < -0.4 is 15.5 Å². The summed E-state index contributed by atoms with van der Waals surface area (Å²) in [5.74, 6) is -1.23. The zero-order chi connectivity index (χ0) is 37.4. The first kappa shape index (κ1) is 38.1. The third-order valence-corrected chi connectivity index (χ3v) is 14.0. The average molecular weight is 731 g/mol. The minimum Gasteiger partial charge on any atom is -0.394 e. The van der Waals surface area contributed by atoms with E-state index >= 15 is 4.11 Å². The largest absolute Gasteiger partial charge is 0.394 e. The molecule has 0 bridgehead atoms. The normalized spacial score (nSPS) is 27.2. The van der Waals surface area contributed by atoms with Crippen molar-refractivity contribution in [2.45, 2.75) is 115 Å². The van der Waals surface area contributed by atoms with Gasteiger partial charge >= 0.3 is 0 Å². The van der Waals surface area contributed by atoms with Gasteiger partial charge in [0.2, 0.25) is 20.2 Å². The van der Waals surface area contributed by atoms with E-state index in [4.69, 9.17) is 4.74 Å². The third kappa shape index (κ3) is 7.42. The number of nitrogens with zero attached hydrogens (tertiary/aromatic N) is 2. The molecule has 6 rings (SSSR count). The molecule has 0 saturated carbocycles. The summed E-state index contributed by atoms with van der Waals surface area (Å²) in [6, 6.07) is 12.7. The van der Waals surface area contributed by atoms with Crippen molar-refractivity contribution in [3.63, 3.8) is 0 Å². The summed E-state index contributed by atoms with van der Waals surface area (Å²) in [5, 5.41) is 16.6. The zero-order valence-electron chi connectivity index (χ0n) is 31.5. The minimum atomic E-state index is -3.55. The zero-order valence-corrected chi connectivity index (χ0v) is 32.5. The molecule has 2 aromatic carbocycles. The highest BCUT2D eigenvalue weighted by molar-refractivity contribution is 6.72. The molecular formula is C41H55FN4O5Si. The quantitative estimate of drug-likeness (QED) is 0.138. The highest BCUT2D eigenvalue weighted by atomic mass is 28.4. The number of halogens is 1. The van der Waals surface area contributed by atoms with E-state index in [1.165, 1.54) is 5.57 Å². The van der Waals surface area contributed by atoms with Crippen molar-refractivity contribution >= 4 is 37.5 Å². The molecule has 4 heterocycles. The number of nitrogens with one attached hydrogen (secondary N) is 2. The van der Waals surface area contributed by atoms with Crippen LogP contribution in [0.2, 0.25) is 18.6 Å². The van der Waals surface area contributed by atoms with Crippen molar-refractivity contribution in [2.75, 3.05) is 29.9 Å². The van der Waals surface area contributed by atoms with Crippen molar-refractivity contribution in [1.82, 2.24) is 10.2 Å². The Kier molecular flexibility index (Phi) is 11.3. The molecule has 0 aromatic heterocycles. The molecule has 2 saturated heterocycles. The number of hydrogen-bond donors (Lipinski definition) is 3. The third-order valence-electron chi connectivity index (χ3n) is 11.6. The molecule has 11 heteroatoms. The van der Waals surface area contributed by atoms with Gasteiger partial charge in [-0.25, -0.2) is 0 Å². The fraction of sp³-hybridized carbons (Fsp3) is 0.537. The Balaban J connectivity index is 1.34. The number of fused-ring (bicyclic) bond motifs is 3. The van der Waals surface area contributed by atoms with Crippen LogP contribution in [0, 0.1) is 5.92 Å². The van der Waals surface area contributed by atoms with Gasteiger partial charge in [-0.2, -0.15) is 0 Å². The van der Waals surface area contributed by atoms with E-state index in [2.05, 4.69) is 43.6 Å². The summed E-state index contributed by atoms with van der Waals surface area (Å²) in [6.45, 7) is 12.6. The fourth-order valence-corrected chi connectivity index (χ4v) is 11.4. The Morgan fingerprint density at radius 3 is 2.56 bits per heavy atom. The first-order valence-electron chi connectivity index (χ1n) is 18.9. The molecule has 3 amide bonds. The number of rotatable bonds is 11. The van der Waals surface area contributed by atoms with E-state index in [0.717, 1.165) is 48.9 Å². The molecule has 0 aliphatic carbocycles. The topological polar surface area (TPSA) is 111 Å². The summed E-state index contributed by atoms with van der Waals surface area (Å²) in [4.78, 5) is 45.7. The van der Waals surface area contributed by atoms with Gasteiger partial charge in [-0.15, -0.1) is 0 Å². The van der Waals surface area contributed by atoms with Crippen LogP contribution in [0.3, 0.4) is 0 Å². The summed E-state index contributed by atoms with van der Waals surface area (Å²) in [7, 11) is -3.55. The lowest BCUT2D eigenvalue weighted by atomic mass is 9.82. The fourth-order valence-electron chi connectivity index (χ4n) is 8.91. The average Bonchev–Trinajstić information content (AvgIpc) is 3.80. The smallest absolute Gasteiger partial charge is 0.264 e. The number of carbonyl (C=O) groups excluding carboxylic acids is 3. The highest BCUT2D eigenvalue weighted by Crippen LogP contribution is 2.60. The highest BCUT2D eigenvalue weighted by Gasteiger charge is 2.67. The summed E-state index contributed by atoms with van der Waals surface area (Å²) in [6.07, 6.45) is 7.28. The SMILES string of the molecule is CC(C)=CCC/C(C)=C/CN1C(=O)[C@]2(O[C@H](CC(=O)N3Cc4ccccc4C[C@H]3CO)[C@@H]([Si](C)(C)F)[C@@H]2C)c2cc(NC(=O)[C@H]3CCCN3)ccc21. The number of anilines is 2. The lowest BCUT2D eigenvalue weighted by Gasteiger charge is -2.37. The van der Waals surface area contributed by atoms with Gasteiger partial charge in [0.1, 0.15) is 0 Å². The molecule has 4 aliphatic rings. The first-order valence-corrected chi connectivity index (χ1v) is 21.8. The van der Waals surface area contributed by atoms with Gasteiger partial charge in [-0.1, -0.05) is 54.5 Å². The first-order chi connectivity index (χ1) is 24.7. The van der Waals surface area contributed by atoms with E-state index in [1.54, 1.807) is 22.9 Å². The maximum Gasteiger partial charge on any atom is 0.264 e. The van der Waals surface area contributed by atoms with Crippen LogP contribution in [0.5, 0.6) is 0 Å². The van der Waals surface area contributed by atoms with Crippen molar-refractivity contribution in [3.8, 4) is 0 Å². The van der Waals surface area contributed by atoms with E-state index in [9.17, 15) is 19.5 Å². The van der Waals surface area contributed by atoms with Gasteiger partial charge in [-0.05, 0) is 102 Å². The molecule has 0 unspecified atom stereocenters. The molecule has 0 radical (unpaired) electrons. The second-order valence-electron chi connectivity index (χ2n) is 16.0. The molecule has 9 nitrogen and oxygen atoms in total. The van der Waals surface area contributed by atoms with Gasteiger partial charge in [0.15, 0.2) is 5.60 Å².